The standard InChI is InChI=1S/C9H16N2OS/c1-7(12)4-9-10-5-8(13-9)6-11(2)3/h5,7,12H,4,6H2,1-3H3. The maximum absolute atomic E-state index is 9.15. The maximum Gasteiger partial charge on any atom is 0.0953 e. The van der Waals surface area contributed by atoms with E-state index in [-0.39, 0.29) is 6.10 Å². The summed E-state index contributed by atoms with van der Waals surface area (Å²) in [5, 5.41) is 10.2. The quantitative estimate of drug-likeness (QED) is 0.791. The third-order valence-corrected chi connectivity index (χ3v) is 2.55. The van der Waals surface area contributed by atoms with Crippen molar-refractivity contribution in [2.45, 2.75) is 26.0 Å². The number of aromatic nitrogens is 1. The second-order valence-corrected chi connectivity index (χ2v) is 4.71. The van der Waals surface area contributed by atoms with Crippen LogP contribution < -0.4 is 0 Å². The summed E-state index contributed by atoms with van der Waals surface area (Å²) in [6.45, 7) is 2.71. The van der Waals surface area contributed by atoms with Gasteiger partial charge in [0.1, 0.15) is 0 Å². The molecule has 0 aliphatic rings. The number of thiazole rings is 1. The van der Waals surface area contributed by atoms with Gasteiger partial charge in [-0.25, -0.2) is 4.98 Å². The first kappa shape index (κ1) is 10.6. The molecule has 1 heterocycles. The molecule has 0 fully saturated rings. The zero-order chi connectivity index (χ0) is 9.84. The Labute approximate surface area is 83.0 Å². The molecule has 3 nitrogen and oxygen atoms in total. The van der Waals surface area contributed by atoms with Crippen LogP contribution >= 0.6 is 11.3 Å². The van der Waals surface area contributed by atoms with Crippen molar-refractivity contribution in [3.05, 3.63) is 16.1 Å². The second kappa shape index (κ2) is 4.69. The lowest BCUT2D eigenvalue weighted by molar-refractivity contribution is 0.195. The van der Waals surface area contributed by atoms with E-state index in [1.807, 2.05) is 20.3 Å². The second-order valence-electron chi connectivity index (χ2n) is 3.51. The molecule has 4 heteroatoms. The smallest absolute Gasteiger partial charge is 0.0953 e. The molecule has 0 amide bonds. The predicted octanol–water partition coefficient (Wildman–Crippen LogP) is 1.13. The molecule has 1 aromatic rings. The lowest BCUT2D eigenvalue weighted by atomic mass is 10.3. The van der Waals surface area contributed by atoms with Gasteiger partial charge in [0, 0.05) is 24.0 Å². The van der Waals surface area contributed by atoms with E-state index in [0.29, 0.717) is 6.42 Å². The normalized spacial score (nSPS) is 13.6. The molecule has 0 radical (unpaired) electrons. The highest BCUT2D eigenvalue weighted by Gasteiger charge is 2.05. The van der Waals surface area contributed by atoms with Crippen LogP contribution in [-0.4, -0.2) is 35.2 Å². The number of rotatable bonds is 4. The zero-order valence-corrected chi connectivity index (χ0v) is 9.14. The first-order valence-corrected chi connectivity index (χ1v) is 5.16. The van der Waals surface area contributed by atoms with Crippen LogP contribution in [0.2, 0.25) is 0 Å². The van der Waals surface area contributed by atoms with Crippen molar-refractivity contribution in [1.82, 2.24) is 9.88 Å². The van der Waals surface area contributed by atoms with Crippen molar-refractivity contribution in [3.8, 4) is 0 Å². The van der Waals surface area contributed by atoms with Crippen molar-refractivity contribution in [2.75, 3.05) is 14.1 Å². The fourth-order valence-electron chi connectivity index (χ4n) is 1.08. The molecule has 0 saturated heterocycles. The molecule has 1 N–H and O–H groups in total. The van der Waals surface area contributed by atoms with Crippen LogP contribution in [0.25, 0.3) is 0 Å². The summed E-state index contributed by atoms with van der Waals surface area (Å²) in [5.74, 6) is 0. The van der Waals surface area contributed by atoms with Crippen LogP contribution in [0, 0.1) is 0 Å². The van der Waals surface area contributed by atoms with Gasteiger partial charge in [0.05, 0.1) is 11.1 Å². The Hall–Kier alpha value is -0.450. The van der Waals surface area contributed by atoms with Crippen molar-refractivity contribution in [1.29, 1.82) is 0 Å². The van der Waals surface area contributed by atoms with Gasteiger partial charge in [-0.3, -0.25) is 0 Å². The summed E-state index contributed by atoms with van der Waals surface area (Å²) in [6.07, 6.45) is 2.26. The van der Waals surface area contributed by atoms with Gasteiger partial charge < -0.3 is 10.0 Å². The van der Waals surface area contributed by atoms with Crippen LogP contribution in [0.5, 0.6) is 0 Å². The molecular weight excluding hydrogens is 184 g/mol. The molecule has 0 spiro atoms. The molecule has 1 aromatic heterocycles. The lowest BCUT2D eigenvalue weighted by Crippen LogP contribution is -2.09. The number of hydrogen-bond acceptors (Lipinski definition) is 4. The number of hydrogen-bond donors (Lipinski definition) is 1. The zero-order valence-electron chi connectivity index (χ0n) is 8.32. The third kappa shape index (κ3) is 3.85. The Bertz CT molecular complexity index is 233. The largest absolute Gasteiger partial charge is 0.393 e. The highest BCUT2D eigenvalue weighted by molar-refractivity contribution is 7.11. The fourth-order valence-corrected chi connectivity index (χ4v) is 2.24. The molecule has 13 heavy (non-hydrogen) atoms. The minimum Gasteiger partial charge on any atom is -0.393 e. The summed E-state index contributed by atoms with van der Waals surface area (Å²) in [6, 6.07) is 0. The van der Waals surface area contributed by atoms with Crippen molar-refractivity contribution in [2.24, 2.45) is 0 Å². The highest BCUT2D eigenvalue weighted by atomic mass is 32.1. The summed E-state index contributed by atoms with van der Waals surface area (Å²) >= 11 is 1.68. The van der Waals surface area contributed by atoms with Crippen LogP contribution in [0.15, 0.2) is 6.20 Å². The summed E-state index contributed by atoms with van der Waals surface area (Å²) < 4.78 is 0. The van der Waals surface area contributed by atoms with Crippen molar-refractivity contribution < 1.29 is 5.11 Å². The Kier molecular flexibility index (Phi) is 3.84. The summed E-state index contributed by atoms with van der Waals surface area (Å²) in [5.41, 5.74) is 0. The van der Waals surface area contributed by atoms with E-state index in [1.165, 1.54) is 4.88 Å². The first-order valence-electron chi connectivity index (χ1n) is 4.34. The average Bonchev–Trinajstić information content (AvgIpc) is 2.33. The first-order chi connectivity index (χ1) is 6.08. The maximum atomic E-state index is 9.15. The van der Waals surface area contributed by atoms with E-state index in [9.17, 15) is 0 Å². The molecule has 1 unspecified atom stereocenters. The van der Waals surface area contributed by atoms with Gasteiger partial charge in [-0.05, 0) is 21.0 Å². The average molecular weight is 200 g/mol. The molecule has 0 saturated carbocycles. The van der Waals surface area contributed by atoms with Gasteiger partial charge in [-0.2, -0.15) is 0 Å². The molecule has 74 valence electrons. The summed E-state index contributed by atoms with van der Waals surface area (Å²) in [4.78, 5) is 7.60. The minimum atomic E-state index is -0.293. The number of nitrogens with zero attached hydrogens (tertiary/aromatic N) is 2. The molecule has 1 atom stereocenters. The van der Waals surface area contributed by atoms with E-state index in [1.54, 1.807) is 18.3 Å². The molecular formula is C9H16N2OS. The molecule has 0 aliphatic carbocycles. The lowest BCUT2D eigenvalue weighted by Gasteiger charge is -2.05. The monoisotopic (exact) mass is 200 g/mol. The molecule has 0 bridgehead atoms. The number of aliphatic hydroxyl groups is 1. The van der Waals surface area contributed by atoms with Gasteiger partial charge >= 0.3 is 0 Å². The SMILES string of the molecule is CC(O)Cc1ncc(CN(C)C)s1. The van der Waals surface area contributed by atoms with E-state index in [2.05, 4.69) is 9.88 Å². The van der Waals surface area contributed by atoms with Gasteiger partial charge in [-0.1, -0.05) is 0 Å². The Balaban J connectivity index is 2.53. The van der Waals surface area contributed by atoms with Crippen molar-refractivity contribution >= 4 is 11.3 Å². The van der Waals surface area contributed by atoms with Crippen molar-refractivity contribution in [3.63, 3.8) is 0 Å². The van der Waals surface area contributed by atoms with Crippen LogP contribution in [0.4, 0.5) is 0 Å². The van der Waals surface area contributed by atoms with E-state index >= 15 is 0 Å². The van der Waals surface area contributed by atoms with Crippen LogP contribution in [0.1, 0.15) is 16.8 Å². The minimum absolute atomic E-state index is 0.293. The molecule has 1 rings (SSSR count). The van der Waals surface area contributed by atoms with Gasteiger partial charge in [-0.15, -0.1) is 11.3 Å². The Morgan fingerprint density at radius 2 is 2.31 bits per heavy atom. The summed E-state index contributed by atoms with van der Waals surface area (Å²) in [7, 11) is 4.07. The van der Waals surface area contributed by atoms with Crippen LogP contribution in [0.3, 0.4) is 0 Å². The van der Waals surface area contributed by atoms with E-state index in [4.69, 9.17) is 5.11 Å². The Morgan fingerprint density at radius 1 is 1.62 bits per heavy atom. The predicted molar refractivity (Wildman–Crippen MR) is 54.9 cm³/mol. The fraction of sp³-hybridized carbons (Fsp3) is 0.667. The topological polar surface area (TPSA) is 36.4 Å². The van der Waals surface area contributed by atoms with E-state index < -0.39 is 0 Å². The van der Waals surface area contributed by atoms with Gasteiger partial charge in [0.15, 0.2) is 0 Å². The highest BCUT2D eigenvalue weighted by Crippen LogP contribution is 2.15. The molecule has 0 aliphatic heterocycles. The van der Waals surface area contributed by atoms with E-state index in [0.717, 1.165) is 11.6 Å². The third-order valence-electron chi connectivity index (χ3n) is 1.54. The molecule has 0 aromatic carbocycles. The van der Waals surface area contributed by atoms with Gasteiger partial charge in [0.2, 0.25) is 0 Å². The van der Waals surface area contributed by atoms with Crippen LogP contribution in [-0.2, 0) is 13.0 Å². The number of aliphatic hydroxyl groups excluding tert-OH is 1. The van der Waals surface area contributed by atoms with Gasteiger partial charge in [0.25, 0.3) is 0 Å². The Morgan fingerprint density at radius 3 is 2.85 bits per heavy atom.